The molecular weight excluding hydrogens is 188 g/mol. The van der Waals surface area contributed by atoms with E-state index < -0.39 is 5.97 Å². The average Bonchev–Trinajstić information content (AvgIpc) is 2.18. The molecule has 0 heterocycles. The Hall–Kier alpha value is -1.59. The third-order valence-electron chi connectivity index (χ3n) is 1.38. The first-order valence-corrected chi connectivity index (χ1v) is 4.20. The summed E-state index contributed by atoms with van der Waals surface area (Å²) in [6, 6.07) is 0. The lowest BCUT2D eigenvalue weighted by atomic mass is 10.2. The number of hydrogen-bond donors (Lipinski definition) is 1. The molecule has 80 valence electrons. The molecule has 0 radical (unpaired) electrons. The molecule has 0 aromatic rings. The SMILES string of the molecule is CCOC(=O)C(=N\O)/C(CC)=N/OC. The number of ether oxygens (including phenoxy) is 1. The maximum atomic E-state index is 11.2. The van der Waals surface area contributed by atoms with Gasteiger partial charge in [0.2, 0.25) is 5.71 Å². The molecule has 0 spiro atoms. The molecule has 0 amide bonds. The molecule has 0 fully saturated rings. The predicted octanol–water partition coefficient (Wildman–Crippen LogP) is 0.792. The van der Waals surface area contributed by atoms with Gasteiger partial charge in [0.1, 0.15) is 12.8 Å². The molecule has 0 aliphatic carbocycles. The third kappa shape index (κ3) is 3.42. The van der Waals surface area contributed by atoms with E-state index in [1.54, 1.807) is 13.8 Å². The van der Waals surface area contributed by atoms with Crippen LogP contribution in [-0.2, 0) is 14.4 Å². The minimum atomic E-state index is -0.715. The molecule has 1 N–H and O–H groups in total. The van der Waals surface area contributed by atoms with E-state index in [0.29, 0.717) is 6.42 Å². The van der Waals surface area contributed by atoms with Crippen molar-refractivity contribution in [2.24, 2.45) is 10.3 Å². The number of esters is 1. The zero-order valence-corrected chi connectivity index (χ0v) is 8.48. The van der Waals surface area contributed by atoms with Gasteiger partial charge in [-0.25, -0.2) is 4.79 Å². The van der Waals surface area contributed by atoms with Crippen molar-refractivity contribution < 1.29 is 19.6 Å². The Morgan fingerprint density at radius 1 is 1.43 bits per heavy atom. The maximum Gasteiger partial charge on any atom is 0.362 e. The zero-order chi connectivity index (χ0) is 11.0. The fourth-order valence-corrected chi connectivity index (χ4v) is 0.801. The van der Waals surface area contributed by atoms with Crippen LogP contribution in [-0.4, -0.2) is 36.3 Å². The quantitative estimate of drug-likeness (QED) is 0.309. The van der Waals surface area contributed by atoms with Crippen molar-refractivity contribution in [2.45, 2.75) is 20.3 Å². The van der Waals surface area contributed by atoms with Crippen molar-refractivity contribution in [2.75, 3.05) is 13.7 Å². The average molecular weight is 202 g/mol. The normalized spacial score (nSPS) is 12.5. The van der Waals surface area contributed by atoms with Crippen molar-refractivity contribution in [1.29, 1.82) is 0 Å². The van der Waals surface area contributed by atoms with Crippen LogP contribution in [0.15, 0.2) is 10.3 Å². The Morgan fingerprint density at radius 3 is 2.43 bits per heavy atom. The van der Waals surface area contributed by atoms with Gasteiger partial charge in [0.25, 0.3) is 0 Å². The highest BCUT2D eigenvalue weighted by molar-refractivity contribution is 6.65. The Bertz CT molecular complexity index is 248. The lowest BCUT2D eigenvalue weighted by Gasteiger charge is -2.04. The third-order valence-corrected chi connectivity index (χ3v) is 1.38. The molecule has 0 rings (SSSR count). The van der Waals surface area contributed by atoms with Crippen LogP contribution in [0, 0.1) is 0 Å². The number of hydrogen-bond acceptors (Lipinski definition) is 6. The smallest absolute Gasteiger partial charge is 0.362 e. The highest BCUT2D eigenvalue weighted by Crippen LogP contribution is 1.95. The van der Waals surface area contributed by atoms with E-state index in [-0.39, 0.29) is 18.0 Å². The lowest BCUT2D eigenvalue weighted by molar-refractivity contribution is -0.134. The van der Waals surface area contributed by atoms with Crippen LogP contribution in [0.3, 0.4) is 0 Å². The summed E-state index contributed by atoms with van der Waals surface area (Å²) in [5.41, 5.74) is 0.0182. The second kappa shape index (κ2) is 6.88. The van der Waals surface area contributed by atoms with Crippen LogP contribution in [0.25, 0.3) is 0 Å². The summed E-state index contributed by atoms with van der Waals surface area (Å²) >= 11 is 0. The summed E-state index contributed by atoms with van der Waals surface area (Å²) in [4.78, 5) is 15.7. The van der Waals surface area contributed by atoms with Gasteiger partial charge in [-0.15, -0.1) is 0 Å². The first-order chi connectivity index (χ1) is 6.71. The van der Waals surface area contributed by atoms with E-state index in [0.717, 1.165) is 0 Å². The molecule has 0 aromatic carbocycles. The van der Waals surface area contributed by atoms with Crippen molar-refractivity contribution in [1.82, 2.24) is 0 Å². The van der Waals surface area contributed by atoms with Crippen molar-refractivity contribution in [3.63, 3.8) is 0 Å². The number of carbonyl (C=O) groups excluding carboxylic acids is 1. The fraction of sp³-hybridized carbons (Fsp3) is 0.625. The van der Waals surface area contributed by atoms with Gasteiger partial charge in [0.05, 0.1) is 6.61 Å². The van der Waals surface area contributed by atoms with E-state index in [2.05, 4.69) is 19.9 Å². The molecular formula is C8H14N2O4. The molecule has 0 atom stereocenters. The fourth-order valence-electron chi connectivity index (χ4n) is 0.801. The summed E-state index contributed by atoms with van der Waals surface area (Å²) in [5.74, 6) is -0.715. The zero-order valence-electron chi connectivity index (χ0n) is 8.48. The van der Waals surface area contributed by atoms with Crippen LogP contribution in [0.2, 0.25) is 0 Å². The van der Waals surface area contributed by atoms with Gasteiger partial charge in [0.15, 0.2) is 0 Å². The number of nitrogens with zero attached hydrogens (tertiary/aromatic N) is 2. The molecule has 0 saturated heterocycles. The molecule has 0 bridgehead atoms. The Morgan fingerprint density at radius 2 is 2.07 bits per heavy atom. The van der Waals surface area contributed by atoms with Crippen molar-refractivity contribution in [3.05, 3.63) is 0 Å². The minimum absolute atomic E-state index is 0.210. The summed E-state index contributed by atoms with van der Waals surface area (Å²) in [6.07, 6.45) is 0.409. The minimum Gasteiger partial charge on any atom is -0.461 e. The molecule has 0 aromatic heterocycles. The van der Waals surface area contributed by atoms with Crippen LogP contribution < -0.4 is 0 Å². The first kappa shape index (κ1) is 12.4. The van der Waals surface area contributed by atoms with Crippen LogP contribution in [0.4, 0.5) is 0 Å². The van der Waals surface area contributed by atoms with E-state index in [9.17, 15) is 4.79 Å². The van der Waals surface area contributed by atoms with Gasteiger partial charge in [-0.2, -0.15) is 0 Å². The molecule has 0 saturated carbocycles. The van der Waals surface area contributed by atoms with E-state index in [4.69, 9.17) is 5.21 Å². The Balaban J connectivity index is 4.71. The van der Waals surface area contributed by atoms with Crippen LogP contribution in [0.5, 0.6) is 0 Å². The number of oxime groups is 2. The van der Waals surface area contributed by atoms with Gasteiger partial charge < -0.3 is 14.8 Å². The molecule has 0 aliphatic heterocycles. The molecule has 0 unspecified atom stereocenters. The molecule has 6 nitrogen and oxygen atoms in total. The Labute approximate surface area is 82.2 Å². The largest absolute Gasteiger partial charge is 0.461 e. The van der Waals surface area contributed by atoms with E-state index >= 15 is 0 Å². The van der Waals surface area contributed by atoms with E-state index in [1.165, 1.54) is 7.11 Å². The van der Waals surface area contributed by atoms with Crippen LogP contribution >= 0.6 is 0 Å². The van der Waals surface area contributed by atoms with Crippen molar-refractivity contribution in [3.8, 4) is 0 Å². The van der Waals surface area contributed by atoms with Gasteiger partial charge in [0, 0.05) is 0 Å². The summed E-state index contributed by atoms with van der Waals surface area (Å²) in [5, 5.41) is 15.0. The van der Waals surface area contributed by atoms with Gasteiger partial charge >= 0.3 is 5.97 Å². The van der Waals surface area contributed by atoms with E-state index in [1.807, 2.05) is 0 Å². The number of carbonyl (C=O) groups is 1. The molecule has 6 heteroatoms. The second-order valence-corrected chi connectivity index (χ2v) is 2.24. The van der Waals surface area contributed by atoms with Crippen molar-refractivity contribution >= 4 is 17.4 Å². The maximum absolute atomic E-state index is 11.2. The predicted molar refractivity (Wildman–Crippen MR) is 50.6 cm³/mol. The van der Waals surface area contributed by atoms with Gasteiger partial charge in [-0.1, -0.05) is 17.2 Å². The molecule has 0 aliphatic rings. The first-order valence-electron chi connectivity index (χ1n) is 4.20. The lowest BCUT2D eigenvalue weighted by Crippen LogP contribution is -2.26. The summed E-state index contributed by atoms with van der Waals surface area (Å²) in [7, 11) is 1.34. The second-order valence-electron chi connectivity index (χ2n) is 2.24. The highest BCUT2D eigenvalue weighted by atomic mass is 16.6. The van der Waals surface area contributed by atoms with Gasteiger partial charge in [-0.3, -0.25) is 0 Å². The topological polar surface area (TPSA) is 80.5 Å². The van der Waals surface area contributed by atoms with Gasteiger partial charge in [-0.05, 0) is 13.3 Å². The van der Waals surface area contributed by atoms with Crippen LogP contribution in [0.1, 0.15) is 20.3 Å². The number of rotatable bonds is 5. The standard InChI is InChI=1S/C8H14N2O4/c1-4-6(10-13-3)7(9-12)8(11)14-5-2/h12H,4-5H2,1-3H3/b9-7-,10-6+. The molecule has 14 heavy (non-hydrogen) atoms. The monoisotopic (exact) mass is 202 g/mol. The highest BCUT2D eigenvalue weighted by Gasteiger charge is 2.19. The Kier molecular flexibility index (Phi) is 6.09. The summed E-state index contributed by atoms with van der Waals surface area (Å²) < 4.78 is 4.66. The summed E-state index contributed by atoms with van der Waals surface area (Å²) in [6.45, 7) is 3.62.